The minimum absolute atomic E-state index is 0.112. The number of aliphatic hydroxyl groups is 1. The summed E-state index contributed by atoms with van der Waals surface area (Å²) in [5.74, 6) is -0.472. The lowest BCUT2D eigenvalue weighted by atomic mass is 9.99. The molecule has 100 valence electrons. The molecule has 0 spiro atoms. The van der Waals surface area contributed by atoms with E-state index < -0.39 is 23.7 Å². The Labute approximate surface area is 107 Å². The number of hydrogen-bond donors (Lipinski definition) is 1. The Kier molecular flexibility index (Phi) is 3.57. The van der Waals surface area contributed by atoms with Crippen LogP contribution in [0.3, 0.4) is 0 Å². The predicted molar refractivity (Wildman–Crippen MR) is 61.9 cm³/mol. The molecule has 0 aliphatic rings. The minimum atomic E-state index is -4.46. The summed E-state index contributed by atoms with van der Waals surface area (Å²) in [7, 11) is 0. The van der Waals surface area contributed by atoms with Gasteiger partial charge < -0.3 is 5.11 Å². The van der Waals surface area contributed by atoms with Crippen molar-refractivity contribution in [3.05, 3.63) is 71.0 Å². The van der Waals surface area contributed by atoms with Crippen LogP contribution in [0.2, 0.25) is 0 Å². The largest absolute Gasteiger partial charge is 0.416 e. The lowest BCUT2D eigenvalue weighted by Gasteiger charge is -2.14. The van der Waals surface area contributed by atoms with Crippen molar-refractivity contribution in [3.8, 4) is 0 Å². The molecular weight excluding hydrogens is 260 g/mol. The quantitative estimate of drug-likeness (QED) is 0.820. The molecule has 0 radical (unpaired) electrons. The third kappa shape index (κ3) is 3.12. The molecule has 19 heavy (non-hydrogen) atoms. The van der Waals surface area contributed by atoms with Crippen molar-refractivity contribution in [2.45, 2.75) is 12.3 Å². The van der Waals surface area contributed by atoms with Crippen molar-refractivity contribution in [2.75, 3.05) is 0 Å². The molecule has 5 heteroatoms. The monoisotopic (exact) mass is 270 g/mol. The van der Waals surface area contributed by atoms with E-state index in [0.717, 1.165) is 24.3 Å². The summed E-state index contributed by atoms with van der Waals surface area (Å²) in [4.78, 5) is 0. The molecule has 2 rings (SSSR count). The molecule has 0 amide bonds. The van der Waals surface area contributed by atoms with E-state index in [4.69, 9.17) is 0 Å². The van der Waals surface area contributed by atoms with Gasteiger partial charge in [0.1, 0.15) is 11.9 Å². The first-order chi connectivity index (χ1) is 8.88. The van der Waals surface area contributed by atoms with E-state index in [2.05, 4.69) is 0 Å². The standard InChI is InChI=1S/C14H10F4O/c15-12-6-4-9(5-7-12)13(19)10-2-1-3-11(8-10)14(16,17)18/h1-8,13,19H/t13-/m1/s1. The fourth-order valence-electron chi connectivity index (χ4n) is 1.72. The molecule has 0 unspecified atom stereocenters. The van der Waals surface area contributed by atoms with E-state index in [1.165, 1.54) is 24.3 Å². The Balaban J connectivity index is 2.34. The van der Waals surface area contributed by atoms with Crippen molar-refractivity contribution in [3.63, 3.8) is 0 Å². The van der Waals surface area contributed by atoms with Gasteiger partial charge in [-0.15, -0.1) is 0 Å². The van der Waals surface area contributed by atoms with Gasteiger partial charge in [-0.3, -0.25) is 0 Å². The van der Waals surface area contributed by atoms with E-state index in [-0.39, 0.29) is 5.56 Å². The first-order valence-corrected chi connectivity index (χ1v) is 5.48. The average Bonchev–Trinajstić information content (AvgIpc) is 2.38. The van der Waals surface area contributed by atoms with Crippen molar-refractivity contribution in [2.24, 2.45) is 0 Å². The molecular formula is C14H10F4O. The Hall–Kier alpha value is -1.88. The van der Waals surface area contributed by atoms with E-state index >= 15 is 0 Å². The molecule has 1 N–H and O–H groups in total. The number of halogens is 4. The second kappa shape index (κ2) is 5.01. The number of alkyl halides is 3. The van der Waals surface area contributed by atoms with Gasteiger partial charge in [-0.1, -0.05) is 24.3 Å². The van der Waals surface area contributed by atoms with Crippen LogP contribution in [0.4, 0.5) is 17.6 Å². The van der Waals surface area contributed by atoms with Gasteiger partial charge >= 0.3 is 6.18 Å². The Morgan fingerprint density at radius 3 is 2.11 bits per heavy atom. The molecule has 0 saturated heterocycles. The minimum Gasteiger partial charge on any atom is -0.384 e. The highest BCUT2D eigenvalue weighted by Crippen LogP contribution is 2.32. The van der Waals surface area contributed by atoms with Crippen LogP contribution in [0.1, 0.15) is 22.8 Å². The van der Waals surface area contributed by atoms with Crippen LogP contribution in [0.25, 0.3) is 0 Å². The number of aliphatic hydroxyl groups excluding tert-OH is 1. The highest BCUT2D eigenvalue weighted by atomic mass is 19.4. The van der Waals surface area contributed by atoms with Gasteiger partial charge in [0.15, 0.2) is 0 Å². The lowest BCUT2D eigenvalue weighted by Crippen LogP contribution is -2.07. The maximum atomic E-state index is 12.7. The molecule has 2 aromatic rings. The van der Waals surface area contributed by atoms with Gasteiger partial charge in [0, 0.05) is 0 Å². The van der Waals surface area contributed by atoms with E-state index in [1.807, 2.05) is 0 Å². The van der Waals surface area contributed by atoms with Gasteiger partial charge in [-0.2, -0.15) is 13.2 Å². The second-order valence-electron chi connectivity index (χ2n) is 4.08. The van der Waals surface area contributed by atoms with E-state index in [0.29, 0.717) is 5.56 Å². The molecule has 1 nitrogen and oxygen atoms in total. The molecule has 1 atom stereocenters. The maximum absolute atomic E-state index is 12.7. The fourth-order valence-corrected chi connectivity index (χ4v) is 1.72. The van der Waals surface area contributed by atoms with Gasteiger partial charge in [-0.05, 0) is 35.4 Å². The molecule has 0 heterocycles. The van der Waals surface area contributed by atoms with E-state index in [9.17, 15) is 22.7 Å². The summed E-state index contributed by atoms with van der Waals surface area (Å²) < 4.78 is 50.4. The van der Waals surface area contributed by atoms with Crippen LogP contribution in [-0.4, -0.2) is 5.11 Å². The zero-order valence-corrected chi connectivity index (χ0v) is 9.66. The first-order valence-electron chi connectivity index (χ1n) is 5.48. The summed E-state index contributed by atoms with van der Waals surface area (Å²) in [6.07, 6.45) is -5.68. The van der Waals surface area contributed by atoms with Crippen LogP contribution in [-0.2, 0) is 6.18 Å². The van der Waals surface area contributed by atoms with Gasteiger partial charge in [-0.25, -0.2) is 4.39 Å². The highest BCUT2D eigenvalue weighted by Gasteiger charge is 2.30. The number of rotatable bonds is 2. The van der Waals surface area contributed by atoms with E-state index in [1.54, 1.807) is 0 Å². The molecule has 0 aliphatic heterocycles. The normalized spacial score (nSPS) is 13.3. The Morgan fingerprint density at radius 1 is 0.895 bits per heavy atom. The summed E-state index contributed by atoms with van der Waals surface area (Å²) in [5, 5.41) is 9.98. The van der Waals surface area contributed by atoms with Crippen molar-refractivity contribution < 1.29 is 22.7 Å². The molecule has 0 bridgehead atoms. The lowest BCUT2D eigenvalue weighted by molar-refractivity contribution is -0.137. The van der Waals surface area contributed by atoms with Crippen LogP contribution in [0, 0.1) is 5.82 Å². The zero-order valence-electron chi connectivity index (χ0n) is 9.66. The van der Waals surface area contributed by atoms with Crippen molar-refractivity contribution >= 4 is 0 Å². The van der Waals surface area contributed by atoms with Crippen LogP contribution in [0.15, 0.2) is 48.5 Å². The third-order valence-electron chi connectivity index (χ3n) is 2.72. The smallest absolute Gasteiger partial charge is 0.384 e. The number of hydrogen-bond acceptors (Lipinski definition) is 1. The maximum Gasteiger partial charge on any atom is 0.416 e. The summed E-state index contributed by atoms with van der Waals surface area (Å²) in [6.45, 7) is 0. The highest BCUT2D eigenvalue weighted by molar-refractivity contribution is 5.33. The zero-order chi connectivity index (χ0) is 14.0. The summed E-state index contributed by atoms with van der Waals surface area (Å²) in [5.41, 5.74) is -0.381. The molecule has 0 fully saturated rings. The Bertz CT molecular complexity index is 560. The molecule has 0 aliphatic carbocycles. The SMILES string of the molecule is O[C@H](c1ccc(F)cc1)c1cccc(C(F)(F)F)c1. The van der Waals surface area contributed by atoms with Crippen LogP contribution in [0.5, 0.6) is 0 Å². The van der Waals surface area contributed by atoms with Gasteiger partial charge in [0.05, 0.1) is 5.56 Å². The molecule has 0 aromatic heterocycles. The van der Waals surface area contributed by atoms with Gasteiger partial charge in [0.25, 0.3) is 0 Å². The summed E-state index contributed by atoms with van der Waals surface area (Å²) >= 11 is 0. The molecule has 0 saturated carbocycles. The second-order valence-corrected chi connectivity index (χ2v) is 4.08. The molecule has 2 aromatic carbocycles. The first kappa shape index (κ1) is 13.5. The van der Waals surface area contributed by atoms with Crippen LogP contribution < -0.4 is 0 Å². The fraction of sp³-hybridized carbons (Fsp3) is 0.143. The summed E-state index contributed by atoms with van der Waals surface area (Å²) in [6, 6.07) is 9.39. The number of benzene rings is 2. The van der Waals surface area contributed by atoms with Crippen LogP contribution >= 0.6 is 0 Å². The topological polar surface area (TPSA) is 20.2 Å². The van der Waals surface area contributed by atoms with Crippen molar-refractivity contribution in [1.82, 2.24) is 0 Å². The van der Waals surface area contributed by atoms with Crippen molar-refractivity contribution in [1.29, 1.82) is 0 Å². The average molecular weight is 270 g/mol. The third-order valence-corrected chi connectivity index (χ3v) is 2.72. The predicted octanol–water partition coefficient (Wildman–Crippen LogP) is 3.93. The Morgan fingerprint density at radius 2 is 1.53 bits per heavy atom. The van der Waals surface area contributed by atoms with Gasteiger partial charge in [0.2, 0.25) is 0 Å².